The van der Waals surface area contributed by atoms with Crippen molar-refractivity contribution in [1.82, 2.24) is 0 Å². The van der Waals surface area contributed by atoms with Gasteiger partial charge in [-0.15, -0.1) is 0 Å². The Kier molecular flexibility index (Phi) is 5.89. The van der Waals surface area contributed by atoms with Gasteiger partial charge in [-0.1, -0.05) is 12.1 Å². The van der Waals surface area contributed by atoms with E-state index in [4.69, 9.17) is 18.9 Å². The minimum absolute atomic E-state index is 0.0788. The lowest BCUT2D eigenvalue weighted by atomic mass is 10.1. The molecule has 0 fully saturated rings. The second-order valence-corrected chi connectivity index (χ2v) is 6.00. The fourth-order valence-electron chi connectivity index (χ4n) is 1.43. The van der Waals surface area contributed by atoms with E-state index in [1.54, 1.807) is 39.8 Å². The summed E-state index contributed by atoms with van der Waals surface area (Å²) in [6.45, 7) is 6.74. The Hall–Kier alpha value is -1.20. The smallest absolute Gasteiger partial charge is 0.339 e. The molecule has 0 amide bonds. The molecule has 7 heteroatoms. The van der Waals surface area contributed by atoms with Crippen LogP contribution < -0.4 is 4.74 Å². The maximum Gasteiger partial charge on any atom is 0.339 e. The highest BCUT2D eigenvalue weighted by molar-refractivity contribution is 7.40. The number of benzene rings is 1. The molecule has 112 valence electrons. The Morgan fingerprint density at radius 3 is 2.55 bits per heavy atom. The third-order valence-corrected chi connectivity index (χ3v) is 3.21. The second-order valence-electron chi connectivity index (χ2n) is 5.09. The van der Waals surface area contributed by atoms with E-state index in [0.29, 0.717) is 5.56 Å². The van der Waals surface area contributed by atoms with Crippen LogP contribution in [0, 0.1) is 6.92 Å². The molecule has 20 heavy (non-hydrogen) atoms. The zero-order valence-corrected chi connectivity index (χ0v) is 12.8. The predicted molar refractivity (Wildman–Crippen MR) is 74.7 cm³/mol. The van der Waals surface area contributed by atoms with Crippen molar-refractivity contribution in [2.75, 3.05) is 6.79 Å². The lowest BCUT2D eigenvalue weighted by Crippen LogP contribution is -2.17. The summed E-state index contributed by atoms with van der Waals surface area (Å²) >= 11 is 0. The van der Waals surface area contributed by atoms with Gasteiger partial charge in [0, 0.05) is 0 Å². The van der Waals surface area contributed by atoms with Crippen LogP contribution in [-0.4, -0.2) is 28.4 Å². The molecule has 0 bridgehead atoms. The summed E-state index contributed by atoms with van der Waals surface area (Å²) < 4.78 is 15.4. The van der Waals surface area contributed by atoms with Crippen molar-refractivity contribution in [3.63, 3.8) is 0 Å². The summed E-state index contributed by atoms with van der Waals surface area (Å²) in [7, 11) is -2.07. The Bertz CT molecular complexity index is 468. The van der Waals surface area contributed by atoms with E-state index in [9.17, 15) is 9.69 Å². The van der Waals surface area contributed by atoms with E-state index >= 15 is 0 Å². The van der Waals surface area contributed by atoms with Crippen LogP contribution in [0.2, 0.25) is 0 Å². The predicted octanol–water partition coefficient (Wildman–Crippen LogP) is 3.08. The highest BCUT2D eigenvalue weighted by atomic mass is 31.2. The highest BCUT2D eigenvalue weighted by Crippen LogP contribution is 2.38. The van der Waals surface area contributed by atoms with Gasteiger partial charge in [0.2, 0.25) is 0 Å². The SMILES string of the molecule is Cc1cccc(OCOP(O)OC(C)(C)C)c1C(=O)O. The summed E-state index contributed by atoms with van der Waals surface area (Å²) in [5.41, 5.74) is 0.137. The number of rotatable bonds is 6. The summed E-state index contributed by atoms with van der Waals surface area (Å²) in [6, 6.07) is 4.90. The number of hydrogen-bond donors (Lipinski definition) is 2. The molecule has 1 unspecified atom stereocenters. The molecule has 0 aromatic heterocycles. The molecule has 1 aromatic carbocycles. The van der Waals surface area contributed by atoms with Crippen molar-refractivity contribution >= 4 is 14.6 Å². The topological polar surface area (TPSA) is 85.2 Å². The fourth-order valence-corrected chi connectivity index (χ4v) is 2.09. The summed E-state index contributed by atoms with van der Waals surface area (Å²) in [6.07, 6.45) is 0. The highest BCUT2D eigenvalue weighted by Gasteiger charge is 2.19. The summed E-state index contributed by atoms with van der Waals surface area (Å²) in [4.78, 5) is 20.7. The van der Waals surface area contributed by atoms with Crippen molar-refractivity contribution in [3.05, 3.63) is 29.3 Å². The van der Waals surface area contributed by atoms with Crippen molar-refractivity contribution in [2.45, 2.75) is 33.3 Å². The van der Waals surface area contributed by atoms with Crippen LogP contribution in [0.25, 0.3) is 0 Å². The number of hydrogen-bond acceptors (Lipinski definition) is 5. The number of carboxylic acid groups (broad SMARTS) is 1. The number of carboxylic acids is 1. The molecular weight excluding hydrogens is 283 g/mol. The Morgan fingerprint density at radius 1 is 1.35 bits per heavy atom. The number of aromatic carboxylic acids is 1. The van der Waals surface area contributed by atoms with Crippen molar-refractivity contribution in [2.24, 2.45) is 0 Å². The minimum Gasteiger partial charge on any atom is -0.478 e. The molecule has 0 radical (unpaired) electrons. The first kappa shape index (κ1) is 16.9. The maximum absolute atomic E-state index is 11.1. The fraction of sp³-hybridized carbons (Fsp3) is 0.462. The molecular formula is C13H19O6P. The van der Waals surface area contributed by atoms with E-state index in [1.165, 1.54) is 6.07 Å². The van der Waals surface area contributed by atoms with Gasteiger partial charge in [0.25, 0.3) is 0 Å². The van der Waals surface area contributed by atoms with Gasteiger partial charge >= 0.3 is 14.6 Å². The first-order valence-corrected chi connectivity index (χ1v) is 7.10. The van der Waals surface area contributed by atoms with Gasteiger partial charge in [0.05, 0.1) is 5.60 Å². The van der Waals surface area contributed by atoms with E-state index < -0.39 is 20.2 Å². The van der Waals surface area contributed by atoms with E-state index in [-0.39, 0.29) is 18.1 Å². The molecule has 0 saturated carbocycles. The van der Waals surface area contributed by atoms with Gasteiger partial charge in [0.1, 0.15) is 11.3 Å². The maximum atomic E-state index is 11.1. The quantitative estimate of drug-likeness (QED) is 0.620. The standard InChI is InChI=1S/C13H19O6P/c1-9-6-5-7-10(11(9)12(14)15)17-8-18-20(16)19-13(2,3)4/h5-7,16H,8H2,1-4H3,(H,14,15). The minimum atomic E-state index is -2.07. The van der Waals surface area contributed by atoms with Gasteiger partial charge in [0.15, 0.2) is 6.79 Å². The van der Waals surface area contributed by atoms with Gasteiger partial charge in [-0.25, -0.2) is 4.79 Å². The van der Waals surface area contributed by atoms with Crippen LogP contribution >= 0.6 is 8.60 Å². The monoisotopic (exact) mass is 302 g/mol. The average molecular weight is 302 g/mol. The van der Waals surface area contributed by atoms with Gasteiger partial charge in [-0.05, 0) is 39.3 Å². The molecule has 0 aliphatic carbocycles. The normalized spacial score (nSPS) is 13.1. The zero-order chi connectivity index (χ0) is 15.3. The molecule has 0 aliphatic rings. The summed E-state index contributed by atoms with van der Waals surface area (Å²) in [5, 5.41) is 9.12. The lowest BCUT2D eigenvalue weighted by molar-refractivity contribution is 0.0512. The number of carbonyl (C=O) groups is 1. The zero-order valence-electron chi connectivity index (χ0n) is 11.9. The van der Waals surface area contributed by atoms with Crippen LogP contribution in [0.5, 0.6) is 5.75 Å². The van der Waals surface area contributed by atoms with Crippen molar-refractivity contribution in [3.8, 4) is 5.75 Å². The van der Waals surface area contributed by atoms with Crippen molar-refractivity contribution < 1.29 is 28.6 Å². The Labute approximate surface area is 119 Å². The second kappa shape index (κ2) is 6.99. The molecule has 1 rings (SSSR count). The van der Waals surface area contributed by atoms with Crippen LogP contribution in [0.1, 0.15) is 36.7 Å². The van der Waals surface area contributed by atoms with E-state index in [0.717, 1.165) is 0 Å². The number of aryl methyl sites for hydroxylation is 1. The number of ether oxygens (including phenoxy) is 1. The molecule has 0 heterocycles. The van der Waals surface area contributed by atoms with Crippen molar-refractivity contribution in [1.29, 1.82) is 0 Å². The van der Waals surface area contributed by atoms with E-state index in [1.807, 2.05) is 0 Å². The largest absolute Gasteiger partial charge is 0.478 e. The molecule has 0 spiro atoms. The van der Waals surface area contributed by atoms with E-state index in [2.05, 4.69) is 0 Å². The molecule has 6 nitrogen and oxygen atoms in total. The van der Waals surface area contributed by atoms with Gasteiger partial charge < -0.3 is 19.3 Å². The Balaban J connectivity index is 2.59. The molecule has 2 N–H and O–H groups in total. The van der Waals surface area contributed by atoms with Gasteiger partial charge in [-0.3, -0.25) is 4.52 Å². The van der Waals surface area contributed by atoms with Crippen LogP contribution in [0.15, 0.2) is 18.2 Å². The third-order valence-electron chi connectivity index (χ3n) is 2.18. The van der Waals surface area contributed by atoms with Gasteiger partial charge in [-0.2, -0.15) is 0 Å². The lowest BCUT2D eigenvalue weighted by Gasteiger charge is -2.22. The van der Waals surface area contributed by atoms with Crippen LogP contribution in [-0.2, 0) is 9.05 Å². The van der Waals surface area contributed by atoms with Crippen LogP contribution in [0.3, 0.4) is 0 Å². The third kappa shape index (κ3) is 5.43. The molecule has 0 saturated heterocycles. The first-order chi connectivity index (χ1) is 9.20. The van der Waals surface area contributed by atoms with Crippen LogP contribution in [0.4, 0.5) is 0 Å². The molecule has 1 aromatic rings. The Morgan fingerprint density at radius 2 is 2.00 bits per heavy atom. The molecule has 1 atom stereocenters. The molecule has 0 aliphatic heterocycles. The average Bonchev–Trinajstić information content (AvgIpc) is 2.25. The summed E-state index contributed by atoms with van der Waals surface area (Å²) in [5.74, 6) is -0.882. The first-order valence-electron chi connectivity index (χ1n) is 5.97.